The minimum absolute atomic E-state index is 0. The van der Waals surface area contributed by atoms with Gasteiger partial charge in [0, 0.05) is 43.3 Å². The van der Waals surface area contributed by atoms with E-state index in [0.717, 1.165) is 62.2 Å². The normalized spacial score (nSPS) is 17.8. The molecule has 0 bridgehead atoms. The van der Waals surface area contributed by atoms with Gasteiger partial charge in [-0.1, -0.05) is 30.3 Å². The van der Waals surface area contributed by atoms with Crippen LogP contribution in [0.5, 0.6) is 11.5 Å². The van der Waals surface area contributed by atoms with Gasteiger partial charge in [0.05, 0.1) is 19.8 Å². The maximum atomic E-state index is 5.82. The Bertz CT molecular complexity index is 854. The van der Waals surface area contributed by atoms with Gasteiger partial charge in [-0.2, -0.15) is 0 Å². The highest BCUT2D eigenvalue weighted by molar-refractivity contribution is 14.0. The molecule has 0 aliphatic carbocycles. The Kier molecular flexibility index (Phi) is 8.83. The number of benzene rings is 2. The monoisotopic (exact) mass is 537 g/mol. The quantitative estimate of drug-likeness (QED) is 0.332. The number of hydrogen-bond donors (Lipinski definition) is 2. The van der Waals surface area contributed by atoms with Crippen molar-refractivity contribution in [3.05, 3.63) is 54.1 Å². The summed E-state index contributed by atoms with van der Waals surface area (Å²) in [6.07, 6.45) is 2.85. The molecular formula is C24H32IN3O3. The standard InChI is InChI=1S/C24H31N3O3.HI/c1-2-25-23(27-20-9-10-21-22(17-20)30-14-6-13-29-21)26-18-24(11-15-28-16-12-24)19-7-4-3-5-8-19;/h3-5,7-10,17H,2,6,11-16,18H2,1H3,(H2,25,26,27);1H. The number of rotatable bonds is 5. The number of fused-ring (bicyclic) bond motifs is 1. The Morgan fingerprint density at radius 3 is 2.45 bits per heavy atom. The highest BCUT2D eigenvalue weighted by atomic mass is 127. The fourth-order valence-corrected chi connectivity index (χ4v) is 4.01. The van der Waals surface area contributed by atoms with Gasteiger partial charge < -0.3 is 24.8 Å². The number of nitrogens with one attached hydrogen (secondary N) is 2. The molecule has 0 saturated carbocycles. The maximum Gasteiger partial charge on any atom is 0.195 e. The minimum Gasteiger partial charge on any atom is -0.490 e. The predicted molar refractivity (Wildman–Crippen MR) is 135 cm³/mol. The molecule has 7 heteroatoms. The summed E-state index contributed by atoms with van der Waals surface area (Å²) in [4.78, 5) is 4.98. The van der Waals surface area contributed by atoms with Gasteiger partial charge in [0.25, 0.3) is 0 Å². The first-order valence-electron chi connectivity index (χ1n) is 10.9. The smallest absolute Gasteiger partial charge is 0.195 e. The van der Waals surface area contributed by atoms with Crippen LogP contribution in [-0.2, 0) is 10.2 Å². The number of guanidine groups is 1. The summed E-state index contributed by atoms with van der Waals surface area (Å²) in [5, 5.41) is 6.80. The van der Waals surface area contributed by atoms with E-state index >= 15 is 0 Å². The Labute approximate surface area is 201 Å². The van der Waals surface area contributed by atoms with Gasteiger partial charge in [-0.3, -0.25) is 4.99 Å². The maximum absolute atomic E-state index is 5.82. The van der Waals surface area contributed by atoms with Crippen molar-refractivity contribution in [2.75, 3.05) is 44.8 Å². The summed E-state index contributed by atoms with van der Waals surface area (Å²) in [6.45, 7) is 6.49. The van der Waals surface area contributed by atoms with Gasteiger partial charge in [0.15, 0.2) is 17.5 Å². The van der Waals surface area contributed by atoms with Crippen molar-refractivity contribution in [3.63, 3.8) is 0 Å². The van der Waals surface area contributed by atoms with E-state index in [1.165, 1.54) is 5.56 Å². The van der Waals surface area contributed by atoms with Crippen molar-refractivity contribution in [1.82, 2.24) is 5.32 Å². The molecule has 0 aromatic heterocycles. The zero-order chi connectivity index (χ0) is 20.7. The van der Waals surface area contributed by atoms with Crippen LogP contribution in [-0.4, -0.2) is 45.5 Å². The fourth-order valence-electron chi connectivity index (χ4n) is 4.01. The third-order valence-electron chi connectivity index (χ3n) is 5.73. The molecule has 4 rings (SSSR count). The molecule has 0 amide bonds. The summed E-state index contributed by atoms with van der Waals surface area (Å²) in [7, 11) is 0. The second kappa shape index (κ2) is 11.6. The summed E-state index contributed by atoms with van der Waals surface area (Å²) < 4.78 is 17.2. The zero-order valence-corrected chi connectivity index (χ0v) is 20.4. The van der Waals surface area contributed by atoms with E-state index in [4.69, 9.17) is 19.2 Å². The number of aliphatic imine (C=N–C) groups is 1. The highest BCUT2D eigenvalue weighted by Gasteiger charge is 2.34. The van der Waals surface area contributed by atoms with Gasteiger partial charge in [-0.25, -0.2) is 0 Å². The first kappa shape index (κ1) is 23.7. The van der Waals surface area contributed by atoms with E-state index in [-0.39, 0.29) is 29.4 Å². The number of hydrogen-bond acceptors (Lipinski definition) is 4. The van der Waals surface area contributed by atoms with E-state index in [1.807, 2.05) is 18.2 Å². The van der Waals surface area contributed by atoms with Crippen LogP contribution in [0.1, 0.15) is 31.7 Å². The third-order valence-corrected chi connectivity index (χ3v) is 5.73. The lowest BCUT2D eigenvalue weighted by Crippen LogP contribution is -2.39. The van der Waals surface area contributed by atoms with Crippen LogP contribution in [0.15, 0.2) is 53.5 Å². The van der Waals surface area contributed by atoms with Gasteiger partial charge in [-0.15, -0.1) is 24.0 Å². The topological polar surface area (TPSA) is 64.1 Å². The predicted octanol–water partition coefficient (Wildman–Crippen LogP) is 4.59. The molecule has 2 aliphatic rings. The molecule has 0 atom stereocenters. The molecule has 31 heavy (non-hydrogen) atoms. The lowest BCUT2D eigenvalue weighted by molar-refractivity contribution is 0.0531. The molecule has 2 aromatic carbocycles. The van der Waals surface area contributed by atoms with Gasteiger partial charge in [0.1, 0.15) is 0 Å². The molecule has 1 saturated heterocycles. The lowest BCUT2D eigenvalue weighted by Gasteiger charge is -2.36. The first-order valence-corrected chi connectivity index (χ1v) is 10.9. The number of ether oxygens (including phenoxy) is 3. The van der Waals surface area contributed by atoms with Crippen molar-refractivity contribution in [3.8, 4) is 11.5 Å². The molecule has 2 N–H and O–H groups in total. The lowest BCUT2D eigenvalue weighted by atomic mass is 9.74. The summed E-state index contributed by atoms with van der Waals surface area (Å²) in [6, 6.07) is 16.6. The van der Waals surface area contributed by atoms with Gasteiger partial charge in [0.2, 0.25) is 0 Å². The van der Waals surface area contributed by atoms with Crippen molar-refractivity contribution in [2.24, 2.45) is 4.99 Å². The van der Waals surface area contributed by atoms with Crippen molar-refractivity contribution in [2.45, 2.75) is 31.6 Å². The summed E-state index contributed by atoms with van der Waals surface area (Å²) >= 11 is 0. The minimum atomic E-state index is 0. The molecule has 0 unspecified atom stereocenters. The molecule has 6 nitrogen and oxygen atoms in total. The summed E-state index contributed by atoms with van der Waals surface area (Å²) in [5.74, 6) is 2.34. The van der Waals surface area contributed by atoms with Gasteiger partial charge >= 0.3 is 0 Å². The highest BCUT2D eigenvalue weighted by Crippen LogP contribution is 2.35. The van der Waals surface area contributed by atoms with Crippen LogP contribution in [0.4, 0.5) is 5.69 Å². The Hall–Kier alpha value is -2.00. The van der Waals surface area contributed by atoms with Crippen molar-refractivity contribution in [1.29, 1.82) is 0 Å². The second-order valence-corrected chi connectivity index (χ2v) is 7.79. The van der Waals surface area contributed by atoms with Crippen LogP contribution in [0.3, 0.4) is 0 Å². The molecule has 168 valence electrons. The molecule has 2 heterocycles. The van der Waals surface area contributed by atoms with Crippen LogP contribution >= 0.6 is 24.0 Å². The molecular weight excluding hydrogens is 505 g/mol. The Balaban J connectivity index is 0.00000272. The zero-order valence-electron chi connectivity index (χ0n) is 18.1. The van der Waals surface area contributed by atoms with E-state index in [2.05, 4.69) is 47.9 Å². The summed E-state index contributed by atoms with van der Waals surface area (Å²) in [5.41, 5.74) is 2.27. The fraction of sp³-hybridized carbons (Fsp3) is 0.458. The van der Waals surface area contributed by atoms with Crippen molar-refractivity contribution < 1.29 is 14.2 Å². The molecule has 1 fully saturated rings. The molecule has 2 aliphatic heterocycles. The van der Waals surface area contributed by atoms with E-state index in [9.17, 15) is 0 Å². The number of anilines is 1. The van der Waals surface area contributed by atoms with Crippen LogP contribution < -0.4 is 20.1 Å². The van der Waals surface area contributed by atoms with Crippen molar-refractivity contribution >= 4 is 35.6 Å². The molecule has 0 radical (unpaired) electrons. The van der Waals surface area contributed by atoms with Gasteiger partial charge in [-0.05, 0) is 37.5 Å². The van der Waals surface area contributed by atoms with E-state index in [0.29, 0.717) is 19.8 Å². The SMILES string of the molecule is CCNC(=NCC1(c2ccccc2)CCOCC1)Nc1ccc2c(c1)OCCCO2.I. The molecule has 0 spiro atoms. The number of halogens is 1. The van der Waals surface area contributed by atoms with E-state index < -0.39 is 0 Å². The number of nitrogens with zero attached hydrogens (tertiary/aromatic N) is 1. The Morgan fingerprint density at radius 2 is 1.71 bits per heavy atom. The second-order valence-electron chi connectivity index (χ2n) is 7.79. The largest absolute Gasteiger partial charge is 0.490 e. The van der Waals surface area contributed by atoms with Crippen LogP contribution in [0.25, 0.3) is 0 Å². The first-order chi connectivity index (χ1) is 14.8. The average Bonchev–Trinajstić information content (AvgIpc) is 3.04. The third kappa shape index (κ3) is 6.04. The van der Waals surface area contributed by atoms with Crippen LogP contribution in [0, 0.1) is 0 Å². The average molecular weight is 537 g/mol. The molecule has 2 aromatic rings. The van der Waals surface area contributed by atoms with E-state index in [1.54, 1.807) is 0 Å². The van der Waals surface area contributed by atoms with Crippen LogP contribution in [0.2, 0.25) is 0 Å². The Morgan fingerprint density at radius 1 is 0.968 bits per heavy atom.